The Bertz CT molecular complexity index is 1070. The highest BCUT2D eigenvalue weighted by Gasteiger charge is 2.71. The molecule has 34 heavy (non-hydrogen) atoms. The second kappa shape index (κ2) is 8.60. The van der Waals surface area contributed by atoms with Crippen LogP contribution in [0.25, 0.3) is 0 Å². The number of ether oxygens (including phenoxy) is 1. The van der Waals surface area contributed by atoms with Crippen molar-refractivity contribution >= 4 is 12.1 Å². The van der Waals surface area contributed by atoms with Crippen molar-refractivity contribution in [3.8, 4) is 0 Å². The van der Waals surface area contributed by atoms with Crippen molar-refractivity contribution in [1.82, 2.24) is 15.1 Å². The van der Waals surface area contributed by atoms with Crippen molar-refractivity contribution in [2.24, 2.45) is 0 Å². The van der Waals surface area contributed by atoms with E-state index < -0.39 is 0 Å². The topological polar surface area (TPSA) is 61.9 Å². The molecule has 0 unspecified atom stereocenters. The number of unbranched alkanes of at least 4 members (excludes halogenated alkanes) is 1. The molecule has 6 rings (SSSR count). The van der Waals surface area contributed by atoms with Crippen molar-refractivity contribution in [3.05, 3.63) is 71.0 Å². The smallest absolute Gasteiger partial charge is 0.407 e. The van der Waals surface area contributed by atoms with Gasteiger partial charge in [-0.1, -0.05) is 49.7 Å². The van der Waals surface area contributed by atoms with Gasteiger partial charge in [0.2, 0.25) is 0 Å². The number of hydrogen-bond donors (Lipinski definition) is 1. The summed E-state index contributed by atoms with van der Waals surface area (Å²) < 4.78 is 18.9. The molecule has 2 aromatic rings. The van der Waals surface area contributed by atoms with Crippen molar-refractivity contribution in [2.75, 3.05) is 20.2 Å². The first-order chi connectivity index (χ1) is 16.4. The van der Waals surface area contributed by atoms with Crippen LogP contribution in [0, 0.1) is 5.82 Å². The maximum absolute atomic E-state index is 13.8. The van der Waals surface area contributed by atoms with Crippen LogP contribution >= 0.6 is 0 Å². The molecule has 1 heterocycles. The van der Waals surface area contributed by atoms with E-state index in [1.54, 1.807) is 12.1 Å². The van der Waals surface area contributed by atoms with Crippen molar-refractivity contribution in [2.45, 2.75) is 62.6 Å². The lowest BCUT2D eigenvalue weighted by Gasteiger charge is -2.72. The van der Waals surface area contributed by atoms with E-state index in [2.05, 4.69) is 24.4 Å². The van der Waals surface area contributed by atoms with Crippen molar-refractivity contribution in [1.29, 1.82) is 0 Å². The lowest BCUT2D eigenvalue weighted by Crippen LogP contribution is -2.84. The number of carbonyl (C=O) groups is 2. The molecular weight excluding hydrogens is 433 g/mol. The SMILES string of the molecule is CCCCOC(=O)NC12CC(N(C)C(=O)N3CCc4ccccc4[C@@H]3c3ccc(F)cc3)(C1)C2. The number of amides is 3. The Hall–Kier alpha value is -3.09. The van der Waals surface area contributed by atoms with E-state index in [1.165, 1.54) is 17.7 Å². The standard InChI is InChI=1S/C27H32FN3O3/c1-3-4-15-34-24(32)29-26-16-27(17-26,18-26)30(2)25(33)31-14-13-19-7-5-6-8-22(19)23(31)20-9-11-21(28)12-10-20/h5-12,23H,3-4,13-18H2,1-2H3,(H,29,32)/t23-,26?,27?/m0/s1. The van der Waals surface area contributed by atoms with E-state index >= 15 is 0 Å². The monoisotopic (exact) mass is 465 g/mol. The number of alkyl carbamates (subject to hydrolysis) is 1. The maximum Gasteiger partial charge on any atom is 0.407 e. The number of benzene rings is 2. The minimum absolute atomic E-state index is 0.0253. The van der Waals surface area contributed by atoms with E-state index in [0.29, 0.717) is 13.2 Å². The molecule has 0 aromatic heterocycles. The molecule has 3 amide bonds. The van der Waals surface area contributed by atoms with Gasteiger partial charge in [0.05, 0.1) is 23.7 Å². The number of urea groups is 1. The summed E-state index contributed by atoms with van der Waals surface area (Å²) in [6.07, 6.45) is 4.50. The fourth-order valence-corrected chi connectivity index (χ4v) is 5.96. The third-order valence-corrected chi connectivity index (χ3v) is 7.81. The highest BCUT2D eigenvalue weighted by Crippen LogP contribution is 2.63. The van der Waals surface area contributed by atoms with Crippen LogP contribution in [0.5, 0.6) is 0 Å². The molecule has 0 spiro atoms. The van der Waals surface area contributed by atoms with Gasteiger partial charge in [-0.25, -0.2) is 14.0 Å². The van der Waals surface area contributed by atoms with E-state index in [-0.39, 0.29) is 35.1 Å². The van der Waals surface area contributed by atoms with Crippen LogP contribution in [0.2, 0.25) is 0 Å². The molecule has 1 aliphatic heterocycles. The average molecular weight is 466 g/mol. The van der Waals surface area contributed by atoms with Gasteiger partial charge in [0.25, 0.3) is 0 Å². The number of rotatable bonds is 6. The summed E-state index contributed by atoms with van der Waals surface area (Å²) in [6.45, 7) is 3.09. The van der Waals surface area contributed by atoms with Crippen LogP contribution in [0.3, 0.4) is 0 Å². The molecule has 2 aromatic carbocycles. The molecule has 7 heteroatoms. The second-order valence-corrected chi connectivity index (χ2v) is 10.1. The molecule has 1 atom stereocenters. The van der Waals surface area contributed by atoms with E-state index in [1.807, 2.05) is 29.0 Å². The summed E-state index contributed by atoms with van der Waals surface area (Å²) in [5.41, 5.74) is 2.74. The molecule has 1 N–H and O–H groups in total. The first-order valence-corrected chi connectivity index (χ1v) is 12.2. The normalized spacial score (nSPS) is 26.6. The Morgan fingerprint density at radius 3 is 2.56 bits per heavy atom. The van der Waals surface area contributed by atoms with E-state index in [4.69, 9.17) is 4.74 Å². The molecule has 3 saturated carbocycles. The summed E-state index contributed by atoms with van der Waals surface area (Å²) in [5, 5.41) is 3.02. The van der Waals surface area contributed by atoms with Gasteiger partial charge in [-0.3, -0.25) is 0 Å². The van der Waals surface area contributed by atoms with Crippen LogP contribution in [0.4, 0.5) is 14.0 Å². The van der Waals surface area contributed by atoms with Crippen LogP contribution in [0.15, 0.2) is 48.5 Å². The Balaban J connectivity index is 1.30. The van der Waals surface area contributed by atoms with Crippen LogP contribution in [0.1, 0.15) is 61.8 Å². The van der Waals surface area contributed by atoms with Gasteiger partial charge >= 0.3 is 12.1 Å². The summed E-state index contributed by atoms with van der Waals surface area (Å²) >= 11 is 0. The van der Waals surface area contributed by atoms with Gasteiger partial charge in [-0.15, -0.1) is 0 Å². The number of hydrogen-bond acceptors (Lipinski definition) is 3. The third kappa shape index (κ3) is 3.81. The third-order valence-electron chi connectivity index (χ3n) is 7.81. The van der Waals surface area contributed by atoms with Crippen molar-refractivity contribution in [3.63, 3.8) is 0 Å². The van der Waals surface area contributed by atoms with Crippen LogP contribution in [-0.4, -0.2) is 53.2 Å². The minimum atomic E-state index is -0.361. The summed E-state index contributed by atoms with van der Waals surface area (Å²) in [6, 6.07) is 14.3. The number of nitrogens with one attached hydrogen (secondary N) is 1. The van der Waals surface area contributed by atoms with Crippen LogP contribution in [-0.2, 0) is 11.2 Å². The van der Waals surface area contributed by atoms with Gasteiger partial charge in [0, 0.05) is 13.6 Å². The lowest BCUT2D eigenvalue weighted by molar-refractivity contribution is -0.152. The molecular formula is C27H32FN3O3. The zero-order valence-corrected chi connectivity index (χ0v) is 19.9. The Labute approximate surface area is 200 Å². The van der Waals surface area contributed by atoms with Crippen molar-refractivity contribution < 1.29 is 18.7 Å². The predicted molar refractivity (Wildman–Crippen MR) is 127 cm³/mol. The first-order valence-electron chi connectivity index (χ1n) is 12.2. The lowest BCUT2D eigenvalue weighted by atomic mass is 9.43. The molecule has 2 bridgehead atoms. The zero-order chi connectivity index (χ0) is 23.9. The molecule has 3 aliphatic carbocycles. The summed E-state index contributed by atoms with van der Waals surface area (Å²) in [5.74, 6) is -0.289. The van der Waals surface area contributed by atoms with Gasteiger partial charge in [0.1, 0.15) is 5.82 Å². The molecule has 0 radical (unpaired) electrons. The number of halogens is 1. The highest BCUT2D eigenvalue weighted by atomic mass is 19.1. The fraction of sp³-hybridized carbons (Fsp3) is 0.481. The van der Waals surface area contributed by atoms with Gasteiger partial charge in [-0.2, -0.15) is 0 Å². The Kier molecular flexibility index (Phi) is 5.74. The molecule has 0 saturated heterocycles. The molecule has 180 valence electrons. The maximum atomic E-state index is 13.8. The molecule has 3 fully saturated rings. The number of carbonyl (C=O) groups excluding carboxylic acids is 2. The van der Waals surface area contributed by atoms with E-state index in [0.717, 1.165) is 49.7 Å². The average Bonchev–Trinajstić information content (AvgIpc) is 2.79. The van der Waals surface area contributed by atoms with Crippen LogP contribution < -0.4 is 5.32 Å². The van der Waals surface area contributed by atoms with Gasteiger partial charge in [-0.05, 0) is 60.9 Å². The predicted octanol–water partition coefficient (Wildman–Crippen LogP) is 5.03. The second-order valence-electron chi connectivity index (χ2n) is 10.1. The van der Waals surface area contributed by atoms with E-state index in [9.17, 15) is 14.0 Å². The van der Waals surface area contributed by atoms with Gasteiger partial charge < -0.3 is 19.9 Å². The number of nitrogens with zero attached hydrogens (tertiary/aromatic N) is 2. The quantitative estimate of drug-likeness (QED) is 0.609. The molecule has 4 aliphatic rings. The molecule has 6 nitrogen and oxygen atoms in total. The zero-order valence-electron chi connectivity index (χ0n) is 19.9. The Morgan fingerprint density at radius 1 is 1.15 bits per heavy atom. The fourth-order valence-electron chi connectivity index (χ4n) is 5.96. The minimum Gasteiger partial charge on any atom is -0.450 e. The van der Waals surface area contributed by atoms with Gasteiger partial charge in [0.15, 0.2) is 0 Å². The Morgan fingerprint density at radius 2 is 1.85 bits per heavy atom. The number of fused-ring (bicyclic) bond motifs is 1. The first kappa shape index (κ1) is 22.7. The summed E-state index contributed by atoms with van der Waals surface area (Å²) in [7, 11) is 1.87. The summed E-state index contributed by atoms with van der Waals surface area (Å²) in [4.78, 5) is 29.7. The largest absolute Gasteiger partial charge is 0.450 e. The highest BCUT2D eigenvalue weighted by molar-refractivity contribution is 5.78.